The van der Waals surface area contributed by atoms with Gasteiger partial charge in [-0.3, -0.25) is 9.59 Å². The average Bonchev–Trinajstić information content (AvgIpc) is 2.94. The SMILES string of the molecule is Cc1ccc(CN2C(=O)[C@H](Cc3ccc(O)cc3)N3C(=O)CN(C)N(C(=O)NCc4ccccc4)[C@H]3[C@H]2C)c(F)c1. The van der Waals surface area contributed by atoms with E-state index in [0.717, 1.165) is 16.7 Å². The molecule has 2 fully saturated rings. The van der Waals surface area contributed by atoms with Gasteiger partial charge in [-0.15, -0.1) is 0 Å². The minimum absolute atomic E-state index is 0.0140. The van der Waals surface area contributed by atoms with E-state index in [1.54, 1.807) is 55.1 Å². The molecule has 5 rings (SSSR count). The number of fused-ring (bicyclic) bond motifs is 1. The molecule has 0 aliphatic carbocycles. The van der Waals surface area contributed by atoms with Crippen LogP contribution in [-0.2, 0) is 29.1 Å². The van der Waals surface area contributed by atoms with E-state index in [1.807, 2.05) is 30.3 Å². The van der Waals surface area contributed by atoms with E-state index in [2.05, 4.69) is 5.32 Å². The third kappa shape index (κ3) is 5.74. The maximum Gasteiger partial charge on any atom is 0.334 e. The summed E-state index contributed by atoms with van der Waals surface area (Å²) in [5, 5.41) is 15.8. The number of aromatic hydroxyl groups is 1. The first-order valence-corrected chi connectivity index (χ1v) is 13.6. The Kier molecular flexibility index (Phi) is 7.94. The van der Waals surface area contributed by atoms with Gasteiger partial charge in [-0.05, 0) is 48.7 Å². The number of nitrogens with zero attached hydrogens (tertiary/aromatic N) is 4. The quantitative estimate of drug-likeness (QED) is 0.483. The largest absolute Gasteiger partial charge is 0.508 e. The van der Waals surface area contributed by atoms with Crippen molar-refractivity contribution >= 4 is 17.8 Å². The molecule has 214 valence electrons. The van der Waals surface area contributed by atoms with Gasteiger partial charge in [-0.2, -0.15) is 0 Å². The highest BCUT2D eigenvalue weighted by Gasteiger charge is 2.54. The lowest BCUT2D eigenvalue weighted by molar-refractivity contribution is -0.196. The number of phenols is 1. The second-order valence-electron chi connectivity index (χ2n) is 10.7. The Labute approximate surface area is 238 Å². The first-order valence-electron chi connectivity index (χ1n) is 13.6. The molecule has 0 bridgehead atoms. The number of halogens is 1. The van der Waals surface area contributed by atoms with Crippen LogP contribution in [0, 0.1) is 12.7 Å². The summed E-state index contributed by atoms with van der Waals surface area (Å²) in [6.45, 7) is 3.76. The van der Waals surface area contributed by atoms with Gasteiger partial charge >= 0.3 is 6.03 Å². The number of likely N-dealkylation sites (N-methyl/N-ethyl adjacent to an activating group) is 1. The molecule has 10 heteroatoms. The minimum Gasteiger partial charge on any atom is -0.508 e. The van der Waals surface area contributed by atoms with Gasteiger partial charge in [-0.1, -0.05) is 54.6 Å². The van der Waals surface area contributed by atoms with Crippen LogP contribution < -0.4 is 5.32 Å². The van der Waals surface area contributed by atoms with Crippen LogP contribution in [0.15, 0.2) is 72.8 Å². The van der Waals surface area contributed by atoms with Crippen LogP contribution in [0.25, 0.3) is 0 Å². The van der Waals surface area contributed by atoms with Gasteiger partial charge in [0.05, 0.1) is 12.6 Å². The second kappa shape index (κ2) is 11.6. The number of benzene rings is 3. The Hall–Kier alpha value is -4.44. The molecule has 0 radical (unpaired) electrons. The van der Waals surface area contributed by atoms with E-state index in [4.69, 9.17) is 0 Å². The van der Waals surface area contributed by atoms with E-state index in [1.165, 1.54) is 28.1 Å². The monoisotopic (exact) mass is 559 g/mol. The number of hydrogen-bond acceptors (Lipinski definition) is 5. The average molecular weight is 560 g/mol. The van der Waals surface area contributed by atoms with Crippen LogP contribution in [0.2, 0.25) is 0 Å². The van der Waals surface area contributed by atoms with Crippen molar-refractivity contribution in [3.8, 4) is 5.75 Å². The van der Waals surface area contributed by atoms with Crippen LogP contribution >= 0.6 is 0 Å². The normalized spacial score (nSPS) is 21.2. The van der Waals surface area contributed by atoms with Gasteiger partial charge in [0.2, 0.25) is 11.8 Å². The number of carbonyl (C=O) groups excluding carboxylic acids is 3. The Morgan fingerprint density at radius 1 is 1.02 bits per heavy atom. The highest BCUT2D eigenvalue weighted by Crippen LogP contribution is 2.33. The number of piperazine rings is 1. The highest BCUT2D eigenvalue weighted by atomic mass is 19.1. The smallest absolute Gasteiger partial charge is 0.334 e. The van der Waals surface area contributed by atoms with Gasteiger partial charge in [0.15, 0.2) is 0 Å². The molecule has 3 aromatic rings. The van der Waals surface area contributed by atoms with E-state index < -0.39 is 30.1 Å². The van der Waals surface area contributed by atoms with E-state index in [-0.39, 0.29) is 43.6 Å². The highest BCUT2D eigenvalue weighted by molar-refractivity contribution is 5.92. The fraction of sp³-hybridized carbons (Fsp3) is 0.323. The molecule has 2 heterocycles. The van der Waals surface area contributed by atoms with E-state index >= 15 is 0 Å². The summed E-state index contributed by atoms with van der Waals surface area (Å²) in [5.41, 5.74) is 2.77. The molecule has 2 aliphatic rings. The summed E-state index contributed by atoms with van der Waals surface area (Å²) in [5.74, 6) is -0.945. The number of rotatable bonds is 6. The van der Waals surface area contributed by atoms with Crippen molar-refractivity contribution in [1.82, 2.24) is 25.1 Å². The van der Waals surface area contributed by atoms with Crippen molar-refractivity contribution in [3.63, 3.8) is 0 Å². The maximum absolute atomic E-state index is 15.0. The van der Waals surface area contributed by atoms with Crippen LogP contribution in [-0.4, -0.2) is 74.6 Å². The number of nitrogens with one attached hydrogen (secondary N) is 1. The van der Waals surface area contributed by atoms with Crippen LogP contribution in [0.1, 0.15) is 29.2 Å². The Bertz CT molecular complexity index is 1430. The summed E-state index contributed by atoms with van der Waals surface area (Å²) >= 11 is 0. The molecule has 3 atom stereocenters. The van der Waals surface area contributed by atoms with Crippen LogP contribution in [0.4, 0.5) is 9.18 Å². The Morgan fingerprint density at radius 2 is 1.73 bits per heavy atom. The van der Waals surface area contributed by atoms with Gasteiger partial charge < -0.3 is 20.2 Å². The molecule has 0 saturated carbocycles. The van der Waals surface area contributed by atoms with Crippen LogP contribution in [0.3, 0.4) is 0 Å². The molecule has 2 saturated heterocycles. The van der Waals surface area contributed by atoms with Crippen molar-refractivity contribution in [2.45, 2.75) is 51.6 Å². The topological polar surface area (TPSA) is 96.4 Å². The molecule has 0 aromatic heterocycles. The second-order valence-corrected chi connectivity index (χ2v) is 10.7. The zero-order valence-electron chi connectivity index (χ0n) is 23.3. The fourth-order valence-electron chi connectivity index (χ4n) is 5.64. The summed E-state index contributed by atoms with van der Waals surface area (Å²) in [6.07, 6.45) is -0.658. The molecule has 2 N–H and O–H groups in total. The van der Waals surface area contributed by atoms with Crippen molar-refractivity contribution in [2.75, 3.05) is 13.6 Å². The minimum atomic E-state index is -0.931. The lowest BCUT2D eigenvalue weighted by Crippen LogP contribution is -2.78. The summed E-state index contributed by atoms with van der Waals surface area (Å²) in [4.78, 5) is 44.4. The molecule has 9 nitrogen and oxygen atoms in total. The molecule has 4 amide bonds. The predicted octanol–water partition coefficient (Wildman–Crippen LogP) is 3.41. The first-order chi connectivity index (χ1) is 19.6. The number of phenolic OH excluding ortho intramolecular Hbond substituents is 1. The zero-order valence-corrected chi connectivity index (χ0v) is 23.3. The lowest BCUT2D eigenvalue weighted by atomic mass is 9.94. The number of hydrogen-bond donors (Lipinski definition) is 2. The van der Waals surface area contributed by atoms with Crippen molar-refractivity contribution < 1.29 is 23.9 Å². The molecule has 41 heavy (non-hydrogen) atoms. The van der Waals surface area contributed by atoms with Gasteiger partial charge in [0.25, 0.3) is 0 Å². The van der Waals surface area contributed by atoms with Gasteiger partial charge in [0, 0.05) is 32.1 Å². The summed E-state index contributed by atoms with van der Waals surface area (Å²) in [7, 11) is 1.67. The molecular formula is C31H34FN5O4. The number of aryl methyl sites for hydroxylation is 1. The number of urea groups is 1. The van der Waals surface area contributed by atoms with Gasteiger partial charge in [-0.25, -0.2) is 19.2 Å². The molecule has 0 unspecified atom stereocenters. The Balaban J connectivity index is 1.51. The first kappa shape index (κ1) is 28.1. The molecular weight excluding hydrogens is 525 g/mol. The summed E-state index contributed by atoms with van der Waals surface area (Å²) < 4.78 is 15.0. The third-order valence-electron chi connectivity index (χ3n) is 7.79. The maximum atomic E-state index is 15.0. The predicted molar refractivity (Wildman–Crippen MR) is 151 cm³/mol. The van der Waals surface area contributed by atoms with E-state index in [0.29, 0.717) is 5.56 Å². The standard InChI is InChI=1S/C31H34FN5O4/c1-20-9-12-24(26(32)15-20)18-35-21(2)29-36(27(30(35)40)16-22-10-13-25(38)14-11-22)28(39)19-34(3)37(29)31(41)33-17-23-7-5-4-6-8-23/h4-15,21,27,29,38H,16-19H2,1-3H3,(H,33,41)/t21-,27+,29+/m1/s1. The fourth-order valence-corrected chi connectivity index (χ4v) is 5.64. The Morgan fingerprint density at radius 3 is 2.41 bits per heavy atom. The van der Waals surface area contributed by atoms with Crippen molar-refractivity contribution in [1.29, 1.82) is 0 Å². The number of hydrazine groups is 1. The van der Waals surface area contributed by atoms with Crippen molar-refractivity contribution in [3.05, 3.63) is 101 Å². The lowest BCUT2D eigenvalue weighted by Gasteiger charge is -2.57. The van der Waals surface area contributed by atoms with Crippen molar-refractivity contribution in [2.24, 2.45) is 0 Å². The molecule has 3 aromatic carbocycles. The summed E-state index contributed by atoms with van der Waals surface area (Å²) in [6, 6.07) is 18.8. The third-order valence-corrected chi connectivity index (χ3v) is 7.79. The molecule has 2 aliphatic heterocycles. The van der Waals surface area contributed by atoms with Crippen LogP contribution in [0.5, 0.6) is 5.75 Å². The van der Waals surface area contributed by atoms with Gasteiger partial charge in [0.1, 0.15) is 23.8 Å². The zero-order chi connectivity index (χ0) is 29.3. The number of carbonyl (C=O) groups is 3. The van der Waals surface area contributed by atoms with E-state index in [9.17, 15) is 23.9 Å². The number of amides is 4. The molecule has 0 spiro atoms.